The number of esters is 2. The summed E-state index contributed by atoms with van der Waals surface area (Å²) in [5.41, 5.74) is -1.34. The Kier molecular flexibility index (Phi) is 7.46. The van der Waals surface area contributed by atoms with E-state index in [9.17, 15) is 27.6 Å². The second-order valence-electron chi connectivity index (χ2n) is 7.27. The highest BCUT2D eigenvalue weighted by molar-refractivity contribution is 5.91. The molecule has 1 saturated heterocycles. The molecule has 0 aliphatic carbocycles. The summed E-state index contributed by atoms with van der Waals surface area (Å²) in [5.74, 6) is -1.92. The highest BCUT2D eigenvalue weighted by atomic mass is 19.4. The summed E-state index contributed by atoms with van der Waals surface area (Å²) in [4.78, 5) is 36.5. The van der Waals surface area contributed by atoms with Crippen molar-refractivity contribution in [3.05, 3.63) is 35.4 Å². The van der Waals surface area contributed by atoms with Crippen LogP contribution in [0.3, 0.4) is 0 Å². The summed E-state index contributed by atoms with van der Waals surface area (Å²) >= 11 is 0. The molecule has 1 aromatic carbocycles. The van der Waals surface area contributed by atoms with E-state index < -0.39 is 47.3 Å². The van der Waals surface area contributed by atoms with Crippen molar-refractivity contribution in [3.63, 3.8) is 0 Å². The lowest BCUT2D eigenvalue weighted by Crippen LogP contribution is -2.60. The minimum absolute atomic E-state index is 0.132. The molecular weight excluding hydrogens is 405 g/mol. The van der Waals surface area contributed by atoms with E-state index in [0.717, 1.165) is 19.2 Å². The molecule has 0 spiro atoms. The van der Waals surface area contributed by atoms with Crippen molar-refractivity contribution in [2.75, 3.05) is 13.7 Å². The number of hydrogen-bond donors (Lipinski definition) is 2. The first kappa shape index (κ1) is 23.7. The van der Waals surface area contributed by atoms with E-state index in [1.54, 1.807) is 0 Å². The van der Waals surface area contributed by atoms with Gasteiger partial charge in [-0.3, -0.25) is 9.59 Å². The average molecular weight is 430 g/mol. The van der Waals surface area contributed by atoms with E-state index in [-0.39, 0.29) is 6.42 Å². The molecule has 2 N–H and O–H groups in total. The maximum Gasteiger partial charge on any atom is 0.416 e. The van der Waals surface area contributed by atoms with Gasteiger partial charge in [0.15, 0.2) is 6.04 Å². The van der Waals surface area contributed by atoms with Crippen LogP contribution in [0.15, 0.2) is 24.3 Å². The van der Waals surface area contributed by atoms with Crippen molar-refractivity contribution in [3.8, 4) is 0 Å². The molecule has 1 aliphatic rings. The molecule has 0 radical (unpaired) electrons. The monoisotopic (exact) mass is 430 g/mol. The lowest BCUT2D eigenvalue weighted by atomic mass is 9.87. The zero-order valence-electron chi connectivity index (χ0n) is 17.0. The predicted octanol–water partition coefficient (Wildman–Crippen LogP) is 1.98. The fraction of sp³-hybridized carbons (Fsp3) is 0.550. The van der Waals surface area contributed by atoms with Crippen molar-refractivity contribution in [1.29, 1.82) is 0 Å². The first-order chi connectivity index (χ1) is 14.0. The predicted molar refractivity (Wildman–Crippen MR) is 100 cm³/mol. The molecule has 1 fully saturated rings. The molecule has 1 aliphatic heterocycles. The van der Waals surface area contributed by atoms with Gasteiger partial charge in [0, 0.05) is 6.92 Å². The maximum atomic E-state index is 13.1. The molecule has 0 aromatic heterocycles. The summed E-state index contributed by atoms with van der Waals surface area (Å²) in [6, 6.07) is 3.37. The van der Waals surface area contributed by atoms with Gasteiger partial charge in [0.2, 0.25) is 5.91 Å². The van der Waals surface area contributed by atoms with Crippen LogP contribution in [0.2, 0.25) is 0 Å². The van der Waals surface area contributed by atoms with Crippen LogP contribution in [0, 0.1) is 0 Å². The maximum absolute atomic E-state index is 13.1. The van der Waals surface area contributed by atoms with E-state index in [1.807, 2.05) is 0 Å². The molecule has 2 rings (SSSR count). The van der Waals surface area contributed by atoms with Crippen molar-refractivity contribution in [2.45, 2.75) is 57.0 Å². The van der Waals surface area contributed by atoms with E-state index >= 15 is 0 Å². The smallest absolute Gasteiger partial charge is 0.416 e. The van der Waals surface area contributed by atoms with Gasteiger partial charge in [-0.1, -0.05) is 12.1 Å². The summed E-state index contributed by atoms with van der Waals surface area (Å²) < 4.78 is 48.1. The van der Waals surface area contributed by atoms with Gasteiger partial charge < -0.3 is 20.1 Å². The Hall–Kier alpha value is -2.62. The Labute approximate surface area is 172 Å². The highest BCUT2D eigenvalue weighted by Gasteiger charge is 2.44. The summed E-state index contributed by atoms with van der Waals surface area (Å²) in [6.45, 7) is 3.17. The zero-order valence-corrected chi connectivity index (χ0v) is 17.0. The van der Waals surface area contributed by atoms with Crippen molar-refractivity contribution in [2.24, 2.45) is 0 Å². The number of carbonyl (C=O) groups excluding carboxylic acids is 3. The first-order valence-corrected chi connectivity index (χ1v) is 9.46. The second-order valence-corrected chi connectivity index (χ2v) is 7.27. The molecule has 1 amide bonds. The molecule has 1 heterocycles. The van der Waals surface area contributed by atoms with Crippen LogP contribution in [0.1, 0.15) is 37.8 Å². The van der Waals surface area contributed by atoms with Crippen LogP contribution >= 0.6 is 0 Å². The molecule has 10 heteroatoms. The van der Waals surface area contributed by atoms with Gasteiger partial charge in [-0.15, -0.1) is 0 Å². The molecule has 0 saturated carbocycles. The Balaban J connectivity index is 2.21. The zero-order chi connectivity index (χ0) is 22.5. The van der Waals surface area contributed by atoms with E-state index in [2.05, 4.69) is 10.6 Å². The standard InChI is InChI=1S/C20H25F3N2O5/c1-12(30-13(2)26)16(17(27)29-3)25-18(28)19(9-4-10-24-19)11-14-5-7-15(8-6-14)20(21,22)23/h5-8,12,16,24H,4,9-11H2,1-3H3,(H,25,28)/t12-,16+,19?/m1/s1. The fourth-order valence-electron chi connectivity index (χ4n) is 3.50. The molecule has 0 bridgehead atoms. The van der Waals surface area contributed by atoms with Crippen LogP contribution in [-0.2, 0) is 36.5 Å². The van der Waals surface area contributed by atoms with Crippen LogP contribution in [-0.4, -0.2) is 49.2 Å². The lowest BCUT2D eigenvalue weighted by Gasteiger charge is -2.31. The normalized spacial score (nSPS) is 20.9. The molecule has 30 heavy (non-hydrogen) atoms. The van der Waals surface area contributed by atoms with E-state index in [1.165, 1.54) is 26.0 Å². The summed E-state index contributed by atoms with van der Waals surface area (Å²) in [7, 11) is 1.15. The Bertz CT molecular complexity index is 774. The van der Waals surface area contributed by atoms with Gasteiger partial charge in [0.05, 0.1) is 12.7 Å². The number of ether oxygens (including phenoxy) is 2. The second kappa shape index (κ2) is 9.46. The minimum Gasteiger partial charge on any atom is -0.467 e. The molecule has 166 valence electrons. The van der Waals surface area contributed by atoms with Gasteiger partial charge in [-0.25, -0.2) is 4.79 Å². The van der Waals surface area contributed by atoms with Crippen molar-refractivity contribution >= 4 is 17.8 Å². The fourth-order valence-corrected chi connectivity index (χ4v) is 3.50. The van der Waals surface area contributed by atoms with Crippen LogP contribution in [0.5, 0.6) is 0 Å². The number of amides is 1. The number of alkyl halides is 3. The number of nitrogens with one attached hydrogen (secondary N) is 2. The third kappa shape index (κ3) is 5.71. The topological polar surface area (TPSA) is 93.7 Å². The van der Waals surface area contributed by atoms with Gasteiger partial charge in [-0.05, 0) is 50.4 Å². The molecule has 7 nitrogen and oxygen atoms in total. The lowest BCUT2D eigenvalue weighted by molar-refractivity contribution is -0.156. The van der Waals surface area contributed by atoms with Crippen LogP contribution in [0.25, 0.3) is 0 Å². The quantitative estimate of drug-likeness (QED) is 0.643. The molecular formula is C20H25F3N2O5. The third-order valence-corrected chi connectivity index (χ3v) is 5.03. The Morgan fingerprint density at radius 3 is 2.33 bits per heavy atom. The summed E-state index contributed by atoms with van der Waals surface area (Å²) in [5, 5.41) is 5.69. The van der Waals surface area contributed by atoms with Gasteiger partial charge in [0.1, 0.15) is 11.6 Å². The van der Waals surface area contributed by atoms with Crippen LogP contribution < -0.4 is 10.6 Å². The van der Waals surface area contributed by atoms with Crippen molar-refractivity contribution < 1.29 is 37.0 Å². The van der Waals surface area contributed by atoms with E-state index in [0.29, 0.717) is 24.9 Å². The van der Waals surface area contributed by atoms with Gasteiger partial charge in [0.25, 0.3) is 0 Å². The summed E-state index contributed by atoms with van der Waals surface area (Å²) in [6.07, 6.45) is -4.18. The number of methoxy groups -OCH3 is 1. The Morgan fingerprint density at radius 2 is 1.87 bits per heavy atom. The Morgan fingerprint density at radius 1 is 1.23 bits per heavy atom. The molecule has 1 aromatic rings. The number of hydrogen-bond acceptors (Lipinski definition) is 6. The first-order valence-electron chi connectivity index (χ1n) is 9.46. The largest absolute Gasteiger partial charge is 0.467 e. The highest BCUT2D eigenvalue weighted by Crippen LogP contribution is 2.31. The molecule has 3 atom stereocenters. The van der Waals surface area contributed by atoms with Crippen molar-refractivity contribution in [1.82, 2.24) is 10.6 Å². The van der Waals surface area contributed by atoms with Gasteiger partial charge >= 0.3 is 18.1 Å². The SMILES string of the molecule is COC(=O)[C@@H](NC(=O)C1(Cc2ccc(C(F)(F)F)cc2)CCCN1)[C@@H](C)OC(C)=O. The molecule has 1 unspecified atom stereocenters. The van der Waals surface area contributed by atoms with Crippen LogP contribution in [0.4, 0.5) is 13.2 Å². The average Bonchev–Trinajstić information content (AvgIpc) is 3.14. The number of rotatable bonds is 7. The number of carbonyl (C=O) groups is 3. The third-order valence-electron chi connectivity index (χ3n) is 5.03. The minimum atomic E-state index is -4.44. The van der Waals surface area contributed by atoms with Gasteiger partial charge in [-0.2, -0.15) is 13.2 Å². The number of halogens is 3. The number of benzene rings is 1. The van der Waals surface area contributed by atoms with E-state index in [4.69, 9.17) is 9.47 Å².